The molecule has 0 radical (unpaired) electrons. The van der Waals surface area contributed by atoms with Crippen molar-refractivity contribution in [2.45, 2.75) is 77.4 Å². The zero-order valence-corrected chi connectivity index (χ0v) is 13.9. The second kappa shape index (κ2) is 4.80. The van der Waals surface area contributed by atoms with Crippen molar-refractivity contribution in [3.63, 3.8) is 0 Å². The molecule has 4 aliphatic carbocycles. The van der Waals surface area contributed by atoms with Crippen LogP contribution in [0.3, 0.4) is 0 Å². The highest BCUT2D eigenvalue weighted by Crippen LogP contribution is 2.65. The van der Waals surface area contributed by atoms with E-state index in [1.54, 1.807) is 0 Å². The average molecular weight is 306 g/mol. The molecule has 0 bridgehead atoms. The molecule has 4 fully saturated rings. The molecule has 0 aromatic heterocycles. The van der Waals surface area contributed by atoms with Crippen molar-refractivity contribution >= 4 is 5.78 Å². The van der Waals surface area contributed by atoms with Gasteiger partial charge in [0, 0.05) is 11.8 Å². The van der Waals surface area contributed by atoms with Gasteiger partial charge in [-0.15, -0.1) is 0 Å². The SMILES string of the molecule is C[C@]12CCC(O)C[C@@H]1CC(O)[C@@H]1[C@@H]2CC[C@]2(C)C(=O)CC[C@@H]12. The highest BCUT2D eigenvalue weighted by molar-refractivity contribution is 5.87. The maximum Gasteiger partial charge on any atom is 0.139 e. The second-order valence-corrected chi connectivity index (χ2v) is 9.14. The summed E-state index contributed by atoms with van der Waals surface area (Å²) in [7, 11) is 0. The van der Waals surface area contributed by atoms with Crippen LogP contribution in [0.2, 0.25) is 0 Å². The predicted molar refractivity (Wildman–Crippen MR) is 84.1 cm³/mol. The first-order valence-corrected chi connectivity index (χ1v) is 9.25. The minimum absolute atomic E-state index is 0.167. The van der Waals surface area contributed by atoms with Gasteiger partial charge in [-0.25, -0.2) is 0 Å². The van der Waals surface area contributed by atoms with Gasteiger partial charge in [0.05, 0.1) is 12.2 Å². The van der Waals surface area contributed by atoms with Crippen LogP contribution in [0.1, 0.15) is 65.2 Å². The van der Waals surface area contributed by atoms with E-state index in [1.165, 1.54) is 0 Å². The summed E-state index contributed by atoms with van der Waals surface area (Å²) in [6.07, 6.45) is 7.03. The molecule has 8 atom stereocenters. The highest BCUT2D eigenvalue weighted by atomic mass is 16.3. The Bertz CT molecular complexity index is 489. The third-order valence-electron chi connectivity index (χ3n) is 8.36. The minimum Gasteiger partial charge on any atom is -0.393 e. The van der Waals surface area contributed by atoms with Crippen molar-refractivity contribution in [2.75, 3.05) is 0 Å². The maximum atomic E-state index is 12.4. The fourth-order valence-corrected chi connectivity index (χ4v) is 6.97. The van der Waals surface area contributed by atoms with Crippen LogP contribution in [-0.2, 0) is 4.79 Å². The van der Waals surface area contributed by atoms with E-state index in [0.717, 1.165) is 51.4 Å². The molecule has 0 spiro atoms. The fourth-order valence-electron chi connectivity index (χ4n) is 6.97. The van der Waals surface area contributed by atoms with Crippen LogP contribution < -0.4 is 0 Å². The molecular formula is C19H30O3. The van der Waals surface area contributed by atoms with Gasteiger partial charge in [0.2, 0.25) is 0 Å². The fraction of sp³-hybridized carbons (Fsp3) is 0.947. The summed E-state index contributed by atoms with van der Waals surface area (Å²) in [4.78, 5) is 12.4. The molecule has 0 aliphatic heterocycles. The van der Waals surface area contributed by atoms with Gasteiger partial charge in [0.25, 0.3) is 0 Å². The summed E-state index contributed by atoms with van der Waals surface area (Å²) in [6.45, 7) is 4.57. The van der Waals surface area contributed by atoms with E-state index in [9.17, 15) is 15.0 Å². The van der Waals surface area contributed by atoms with E-state index >= 15 is 0 Å². The Labute approximate surface area is 133 Å². The van der Waals surface area contributed by atoms with Crippen LogP contribution in [0.15, 0.2) is 0 Å². The van der Waals surface area contributed by atoms with Crippen molar-refractivity contribution in [3.8, 4) is 0 Å². The van der Waals surface area contributed by atoms with Crippen molar-refractivity contribution in [2.24, 2.45) is 34.5 Å². The van der Waals surface area contributed by atoms with Gasteiger partial charge in [0.15, 0.2) is 0 Å². The molecule has 2 N–H and O–H groups in total. The van der Waals surface area contributed by atoms with E-state index in [-0.39, 0.29) is 23.0 Å². The number of fused-ring (bicyclic) bond motifs is 5. The summed E-state index contributed by atoms with van der Waals surface area (Å²) < 4.78 is 0. The zero-order valence-electron chi connectivity index (χ0n) is 13.9. The van der Waals surface area contributed by atoms with E-state index in [4.69, 9.17) is 0 Å². The third kappa shape index (κ3) is 1.84. The normalized spacial score (nSPS) is 57.9. The van der Waals surface area contributed by atoms with E-state index in [1.807, 2.05) is 0 Å². The van der Waals surface area contributed by atoms with Crippen molar-refractivity contribution < 1.29 is 15.0 Å². The van der Waals surface area contributed by atoms with Crippen LogP contribution in [0.4, 0.5) is 0 Å². The smallest absolute Gasteiger partial charge is 0.139 e. The van der Waals surface area contributed by atoms with Crippen LogP contribution in [-0.4, -0.2) is 28.2 Å². The van der Waals surface area contributed by atoms with Crippen molar-refractivity contribution in [1.29, 1.82) is 0 Å². The van der Waals surface area contributed by atoms with Crippen LogP contribution in [0.5, 0.6) is 0 Å². The zero-order chi connectivity index (χ0) is 15.7. The molecule has 124 valence electrons. The molecule has 22 heavy (non-hydrogen) atoms. The number of hydrogen-bond donors (Lipinski definition) is 2. The van der Waals surface area contributed by atoms with E-state index < -0.39 is 0 Å². The molecule has 0 aromatic rings. The van der Waals surface area contributed by atoms with Gasteiger partial charge >= 0.3 is 0 Å². The van der Waals surface area contributed by atoms with Gasteiger partial charge in [-0.2, -0.15) is 0 Å². The number of aliphatic hydroxyl groups excluding tert-OH is 2. The van der Waals surface area contributed by atoms with Crippen LogP contribution >= 0.6 is 0 Å². The van der Waals surface area contributed by atoms with Crippen LogP contribution in [0.25, 0.3) is 0 Å². The number of rotatable bonds is 0. The van der Waals surface area contributed by atoms with Crippen molar-refractivity contribution in [1.82, 2.24) is 0 Å². The first-order chi connectivity index (χ1) is 10.4. The average Bonchev–Trinajstić information content (AvgIpc) is 2.77. The summed E-state index contributed by atoms with van der Waals surface area (Å²) in [5.41, 5.74) is 0.0929. The van der Waals surface area contributed by atoms with E-state index in [2.05, 4.69) is 13.8 Å². The molecule has 4 saturated carbocycles. The summed E-state index contributed by atoms with van der Waals surface area (Å²) in [5, 5.41) is 20.9. The van der Waals surface area contributed by atoms with E-state index in [0.29, 0.717) is 29.5 Å². The maximum absolute atomic E-state index is 12.4. The third-order valence-corrected chi connectivity index (χ3v) is 8.36. The molecule has 3 nitrogen and oxygen atoms in total. The first kappa shape index (κ1) is 15.1. The number of ketones is 1. The quantitative estimate of drug-likeness (QED) is 0.723. The number of carbonyl (C=O) groups is 1. The second-order valence-electron chi connectivity index (χ2n) is 9.14. The number of aliphatic hydroxyl groups is 2. The highest BCUT2D eigenvalue weighted by Gasteiger charge is 2.62. The Balaban J connectivity index is 1.69. The largest absolute Gasteiger partial charge is 0.393 e. The molecular weight excluding hydrogens is 276 g/mol. The molecule has 4 rings (SSSR count). The lowest BCUT2D eigenvalue weighted by molar-refractivity contribution is -0.171. The summed E-state index contributed by atoms with van der Waals surface area (Å²) in [6, 6.07) is 0. The molecule has 0 amide bonds. The summed E-state index contributed by atoms with van der Waals surface area (Å²) in [5.74, 6) is 2.13. The lowest BCUT2D eigenvalue weighted by atomic mass is 9.44. The Hall–Kier alpha value is -0.410. The Morgan fingerprint density at radius 2 is 1.77 bits per heavy atom. The number of hydrogen-bond acceptors (Lipinski definition) is 3. The van der Waals surface area contributed by atoms with Gasteiger partial charge < -0.3 is 10.2 Å². The number of Topliss-reactive ketones (excluding diaryl/α,β-unsaturated/α-hetero) is 1. The Kier molecular flexibility index (Phi) is 3.30. The van der Waals surface area contributed by atoms with Gasteiger partial charge in [0.1, 0.15) is 5.78 Å². The molecule has 0 heterocycles. The molecule has 2 unspecified atom stereocenters. The lowest BCUT2D eigenvalue weighted by Gasteiger charge is -2.61. The Morgan fingerprint density at radius 1 is 1.00 bits per heavy atom. The lowest BCUT2D eigenvalue weighted by Crippen LogP contribution is -2.58. The number of carbonyl (C=O) groups excluding carboxylic acids is 1. The molecule has 3 heteroatoms. The van der Waals surface area contributed by atoms with Gasteiger partial charge in [-0.05, 0) is 74.0 Å². The Morgan fingerprint density at radius 3 is 2.55 bits per heavy atom. The van der Waals surface area contributed by atoms with Gasteiger partial charge in [-0.1, -0.05) is 13.8 Å². The first-order valence-electron chi connectivity index (χ1n) is 9.25. The molecule has 0 saturated heterocycles. The monoisotopic (exact) mass is 306 g/mol. The van der Waals surface area contributed by atoms with Crippen molar-refractivity contribution in [3.05, 3.63) is 0 Å². The molecule has 0 aromatic carbocycles. The minimum atomic E-state index is -0.274. The van der Waals surface area contributed by atoms with Crippen LogP contribution in [0, 0.1) is 34.5 Å². The summed E-state index contributed by atoms with van der Waals surface area (Å²) >= 11 is 0. The predicted octanol–water partition coefficient (Wildman–Crippen LogP) is 2.93. The van der Waals surface area contributed by atoms with Gasteiger partial charge in [-0.3, -0.25) is 4.79 Å². The topological polar surface area (TPSA) is 57.5 Å². The molecule has 4 aliphatic rings. The standard InChI is InChI=1S/C19H30O3/c1-18-7-5-12(20)9-11(18)10-15(21)17-13-3-4-16(22)19(13,2)8-6-14(17)18/h11-15,17,20-21H,3-10H2,1-2H3/t11-,12?,13+,14+,15?,17+,18+,19+/m1/s1.